The van der Waals surface area contributed by atoms with Crippen LogP contribution in [-0.2, 0) is 0 Å². The van der Waals surface area contributed by atoms with Crippen molar-refractivity contribution in [2.45, 2.75) is 27.7 Å². The summed E-state index contributed by atoms with van der Waals surface area (Å²) in [6.07, 6.45) is 0. The lowest BCUT2D eigenvalue weighted by atomic mass is 10.1. The zero-order valence-electron chi connectivity index (χ0n) is 13.0. The number of hydrogen-bond donors (Lipinski definition) is 1. The molecule has 0 radical (unpaired) electrons. The van der Waals surface area contributed by atoms with Crippen molar-refractivity contribution in [3.05, 3.63) is 52.3 Å². The van der Waals surface area contributed by atoms with E-state index in [4.69, 9.17) is 4.52 Å². The third-order valence-corrected chi connectivity index (χ3v) is 3.62. The van der Waals surface area contributed by atoms with Gasteiger partial charge in [0.1, 0.15) is 0 Å². The van der Waals surface area contributed by atoms with E-state index in [2.05, 4.69) is 15.5 Å². The number of pyridine rings is 1. The molecule has 0 saturated heterocycles. The highest BCUT2D eigenvalue weighted by molar-refractivity contribution is 6.12. The molecule has 22 heavy (non-hydrogen) atoms. The van der Waals surface area contributed by atoms with Crippen LogP contribution in [0, 0.1) is 27.7 Å². The molecular weight excluding hydrogens is 278 g/mol. The Kier molecular flexibility index (Phi) is 3.41. The number of anilines is 1. The van der Waals surface area contributed by atoms with Crippen LogP contribution >= 0.6 is 0 Å². The molecule has 0 spiro atoms. The second-order valence-corrected chi connectivity index (χ2v) is 5.53. The molecule has 0 aliphatic rings. The number of fused-ring (bicyclic) bond motifs is 1. The number of aromatic nitrogens is 2. The van der Waals surface area contributed by atoms with Gasteiger partial charge in [-0.25, -0.2) is 4.98 Å². The molecule has 0 atom stereocenters. The summed E-state index contributed by atoms with van der Waals surface area (Å²) in [6.45, 7) is 7.62. The summed E-state index contributed by atoms with van der Waals surface area (Å²) in [5.41, 5.74) is 5.28. The van der Waals surface area contributed by atoms with Crippen molar-refractivity contribution >= 4 is 22.7 Å². The fourth-order valence-corrected chi connectivity index (χ4v) is 2.54. The van der Waals surface area contributed by atoms with Crippen molar-refractivity contribution in [2.24, 2.45) is 0 Å². The van der Waals surface area contributed by atoms with Crippen LogP contribution in [0.2, 0.25) is 0 Å². The monoisotopic (exact) mass is 295 g/mol. The van der Waals surface area contributed by atoms with Gasteiger partial charge in [0.25, 0.3) is 11.6 Å². The highest BCUT2D eigenvalue weighted by atomic mass is 16.5. The molecule has 2 heterocycles. The Morgan fingerprint density at radius 2 is 1.91 bits per heavy atom. The number of benzene rings is 1. The zero-order chi connectivity index (χ0) is 15.9. The summed E-state index contributed by atoms with van der Waals surface area (Å²) in [5.74, 6) is -0.186. The highest BCUT2D eigenvalue weighted by Crippen LogP contribution is 2.24. The van der Waals surface area contributed by atoms with Crippen LogP contribution < -0.4 is 5.32 Å². The minimum Gasteiger partial charge on any atom is -0.336 e. The van der Waals surface area contributed by atoms with Crippen molar-refractivity contribution in [2.75, 3.05) is 5.32 Å². The van der Waals surface area contributed by atoms with Crippen molar-refractivity contribution in [3.8, 4) is 0 Å². The zero-order valence-corrected chi connectivity index (χ0v) is 13.0. The molecule has 0 bridgehead atoms. The van der Waals surface area contributed by atoms with Gasteiger partial charge in [-0.05, 0) is 45.4 Å². The Hall–Kier alpha value is -2.69. The molecule has 0 fully saturated rings. The lowest BCUT2D eigenvalue weighted by molar-refractivity contribution is 0.102. The molecule has 112 valence electrons. The number of nitrogens with zero attached hydrogens (tertiary/aromatic N) is 2. The van der Waals surface area contributed by atoms with Gasteiger partial charge in [0.15, 0.2) is 0 Å². The van der Waals surface area contributed by atoms with E-state index in [1.54, 1.807) is 13.0 Å². The van der Waals surface area contributed by atoms with Crippen LogP contribution in [0.5, 0.6) is 0 Å². The van der Waals surface area contributed by atoms with Gasteiger partial charge in [-0.2, -0.15) is 0 Å². The minimum absolute atomic E-state index is 0.186. The van der Waals surface area contributed by atoms with Crippen LogP contribution in [0.1, 0.15) is 32.9 Å². The van der Waals surface area contributed by atoms with Gasteiger partial charge < -0.3 is 9.84 Å². The van der Waals surface area contributed by atoms with E-state index in [1.807, 2.05) is 39.0 Å². The normalized spacial score (nSPS) is 10.9. The first-order chi connectivity index (χ1) is 10.5. The number of nitrogens with one attached hydrogen (secondary N) is 1. The van der Waals surface area contributed by atoms with Gasteiger partial charge in [0.2, 0.25) is 0 Å². The van der Waals surface area contributed by atoms with Crippen LogP contribution in [0.4, 0.5) is 5.69 Å². The Bertz CT molecular complexity index is 881. The highest BCUT2D eigenvalue weighted by Gasteiger charge is 2.18. The van der Waals surface area contributed by atoms with Crippen LogP contribution in [0.15, 0.2) is 28.8 Å². The van der Waals surface area contributed by atoms with Crippen molar-refractivity contribution in [1.82, 2.24) is 10.1 Å². The number of rotatable bonds is 2. The fraction of sp³-hybridized carbons (Fsp3) is 0.235. The van der Waals surface area contributed by atoms with E-state index in [9.17, 15) is 4.79 Å². The maximum atomic E-state index is 12.7. The van der Waals surface area contributed by atoms with Crippen LogP contribution in [-0.4, -0.2) is 16.0 Å². The Morgan fingerprint density at radius 1 is 1.14 bits per heavy atom. The first-order valence-electron chi connectivity index (χ1n) is 7.08. The largest absolute Gasteiger partial charge is 0.336 e. The maximum absolute atomic E-state index is 12.7. The van der Waals surface area contributed by atoms with E-state index in [-0.39, 0.29) is 5.91 Å². The third-order valence-electron chi connectivity index (χ3n) is 3.62. The van der Waals surface area contributed by atoms with Crippen molar-refractivity contribution < 1.29 is 9.32 Å². The average Bonchev–Trinajstić information content (AvgIpc) is 2.82. The second kappa shape index (κ2) is 5.26. The maximum Gasteiger partial charge on any atom is 0.258 e. The molecule has 0 saturated carbocycles. The van der Waals surface area contributed by atoms with E-state index in [1.165, 1.54) is 0 Å². The summed E-state index contributed by atoms with van der Waals surface area (Å²) >= 11 is 0. The summed E-state index contributed by atoms with van der Waals surface area (Å²) in [4.78, 5) is 16.9. The van der Waals surface area contributed by atoms with Gasteiger partial charge in [0.05, 0.1) is 16.6 Å². The Morgan fingerprint density at radius 3 is 2.64 bits per heavy atom. The lowest BCUT2D eigenvalue weighted by Crippen LogP contribution is -2.14. The summed E-state index contributed by atoms with van der Waals surface area (Å²) in [5, 5.41) is 7.51. The standard InChI is InChI=1S/C17H17N3O2/c1-9-5-6-14(10(2)7-9)19-16(21)13-8-11(3)18-17-15(13)12(4)20-22-17/h5-8H,1-4H3,(H,19,21). The molecule has 0 unspecified atom stereocenters. The van der Waals surface area contributed by atoms with Gasteiger partial charge in [-0.1, -0.05) is 22.9 Å². The molecule has 2 aromatic heterocycles. The SMILES string of the molecule is Cc1ccc(NC(=O)c2cc(C)nc3onc(C)c23)c(C)c1. The number of carbonyl (C=O) groups excluding carboxylic acids is 1. The van der Waals surface area contributed by atoms with Crippen LogP contribution in [0.25, 0.3) is 11.1 Å². The van der Waals surface area contributed by atoms with Gasteiger partial charge >= 0.3 is 0 Å². The molecule has 5 nitrogen and oxygen atoms in total. The molecule has 1 N–H and O–H groups in total. The predicted molar refractivity (Wildman–Crippen MR) is 85.1 cm³/mol. The lowest BCUT2D eigenvalue weighted by Gasteiger charge is -2.10. The molecule has 5 heteroatoms. The average molecular weight is 295 g/mol. The number of aryl methyl sites for hydroxylation is 4. The fourth-order valence-electron chi connectivity index (χ4n) is 2.54. The van der Waals surface area contributed by atoms with Gasteiger partial charge in [-0.3, -0.25) is 4.79 Å². The number of carbonyl (C=O) groups is 1. The van der Waals surface area contributed by atoms with Gasteiger partial charge in [0, 0.05) is 11.4 Å². The third kappa shape index (κ3) is 2.45. The quantitative estimate of drug-likeness (QED) is 0.782. The Balaban J connectivity index is 2.03. The molecule has 0 aliphatic carbocycles. The van der Waals surface area contributed by atoms with Crippen LogP contribution in [0.3, 0.4) is 0 Å². The molecule has 3 aromatic rings. The van der Waals surface area contributed by atoms with E-state index in [0.717, 1.165) is 22.5 Å². The molecule has 1 amide bonds. The molecule has 1 aromatic carbocycles. The number of amides is 1. The van der Waals surface area contributed by atoms with Crippen molar-refractivity contribution in [3.63, 3.8) is 0 Å². The number of hydrogen-bond acceptors (Lipinski definition) is 4. The smallest absolute Gasteiger partial charge is 0.258 e. The van der Waals surface area contributed by atoms with E-state index >= 15 is 0 Å². The minimum atomic E-state index is -0.186. The topological polar surface area (TPSA) is 68.0 Å². The summed E-state index contributed by atoms with van der Waals surface area (Å²) in [6, 6.07) is 7.67. The first kappa shape index (κ1) is 14.3. The van der Waals surface area contributed by atoms with Gasteiger partial charge in [-0.15, -0.1) is 0 Å². The second-order valence-electron chi connectivity index (χ2n) is 5.53. The first-order valence-corrected chi connectivity index (χ1v) is 7.08. The molecule has 3 rings (SSSR count). The summed E-state index contributed by atoms with van der Waals surface area (Å²) < 4.78 is 5.17. The van der Waals surface area contributed by atoms with E-state index < -0.39 is 0 Å². The Labute approximate surface area is 128 Å². The van der Waals surface area contributed by atoms with E-state index in [0.29, 0.717) is 22.4 Å². The van der Waals surface area contributed by atoms with Crippen molar-refractivity contribution in [1.29, 1.82) is 0 Å². The summed E-state index contributed by atoms with van der Waals surface area (Å²) in [7, 11) is 0. The molecule has 0 aliphatic heterocycles. The predicted octanol–water partition coefficient (Wildman–Crippen LogP) is 3.71. The molecular formula is C17H17N3O2.